The van der Waals surface area contributed by atoms with Crippen molar-refractivity contribution < 1.29 is 9.21 Å². The van der Waals surface area contributed by atoms with Crippen LogP contribution in [-0.4, -0.2) is 11.3 Å². The van der Waals surface area contributed by atoms with Crippen LogP contribution >= 0.6 is 23.1 Å². The number of carbonyl (C=O) groups excluding carboxylic acids is 1. The third-order valence-electron chi connectivity index (χ3n) is 2.18. The van der Waals surface area contributed by atoms with Crippen LogP contribution in [0.4, 0.5) is 0 Å². The molecule has 0 bridgehead atoms. The van der Waals surface area contributed by atoms with Crippen LogP contribution in [0.5, 0.6) is 0 Å². The van der Waals surface area contributed by atoms with Gasteiger partial charge in [-0.15, -0.1) is 11.3 Å². The second-order valence-electron chi connectivity index (χ2n) is 3.32. The fourth-order valence-corrected chi connectivity index (χ4v) is 3.24. The van der Waals surface area contributed by atoms with E-state index in [2.05, 4.69) is 4.98 Å². The van der Waals surface area contributed by atoms with Gasteiger partial charge in [0.2, 0.25) is 0 Å². The zero-order valence-electron chi connectivity index (χ0n) is 8.62. The number of aromatic nitrogens is 1. The minimum absolute atomic E-state index is 0.602. The average Bonchev–Trinajstić information content (AvgIpc) is 2.94. The number of aldehydes is 1. The highest BCUT2D eigenvalue weighted by atomic mass is 32.2. The van der Waals surface area contributed by atoms with Gasteiger partial charge in [-0.3, -0.25) is 4.79 Å². The van der Waals surface area contributed by atoms with E-state index in [1.807, 2.05) is 30.3 Å². The maximum absolute atomic E-state index is 10.6. The van der Waals surface area contributed by atoms with Crippen LogP contribution in [-0.2, 0) is 0 Å². The lowest BCUT2D eigenvalue weighted by atomic mass is 10.3. The number of benzene rings is 1. The summed E-state index contributed by atoms with van der Waals surface area (Å²) in [7, 11) is 0. The number of carbonyl (C=O) groups is 1. The van der Waals surface area contributed by atoms with Crippen molar-refractivity contribution in [1.29, 1.82) is 0 Å². The van der Waals surface area contributed by atoms with E-state index in [-0.39, 0.29) is 0 Å². The summed E-state index contributed by atoms with van der Waals surface area (Å²) >= 11 is 2.86. The highest BCUT2D eigenvalue weighted by Crippen LogP contribution is 2.33. The van der Waals surface area contributed by atoms with Crippen LogP contribution in [0.1, 0.15) is 9.67 Å². The second kappa shape index (κ2) is 4.35. The summed E-state index contributed by atoms with van der Waals surface area (Å²) in [6, 6.07) is 11.3. The van der Waals surface area contributed by atoms with Gasteiger partial charge in [0, 0.05) is 0 Å². The zero-order chi connectivity index (χ0) is 11.7. The van der Waals surface area contributed by atoms with Crippen molar-refractivity contribution in [2.75, 3.05) is 0 Å². The Balaban J connectivity index is 1.91. The largest absolute Gasteiger partial charge is 0.431 e. The molecule has 2 aromatic heterocycles. The molecule has 0 amide bonds. The lowest BCUT2D eigenvalue weighted by Crippen LogP contribution is -1.67. The minimum atomic E-state index is 0.602. The van der Waals surface area contributed by atoms with Crippen LogP contribution in [0, 0.1) is 0 Å². The molecular weight excluding hydrogens is 254 g/mol. The third kappa shape index (κ3) is 2.11. The average molecular weight is 261 g/mol. The van der Waals surface area contributed by atoms with E-state index >= 15 is 0 Å². The van der Waals surface area contributed by atoms with E-state index in [1.54, 1.807) is 6.07 Å². The van der Waals surface area contributed by atoms with Gasteiger partial charge < -0.3 is 4.42 Å². The van der Waals surface area contributed by atoms with E-state index < -0.39 is 0 Å². The van der Waals surface area contributed by atoms with Crippen LogP contribution in [0.2, 0.25) is 0 Å². The first-order chi connectivity index (χ1) is 8.35. The number of thiophene rings is 1. The molecule has 0 aliphatic heterocycles. The maximum Gasteiger partial charge on any atom is 0.262 e. The molecule has 0 atom stereocenters. The first-order valence-corrected chi connectivity index (χ1v) is 6.57. The van der Waals surface area contributed by atoms with Crippen molar-refractivity contribution in [3.8, 4) is 0 Å². The van der Waals surface area contributed by atoms with Gasteiger partial charge in [-0.1, -0.05) is 12.1 Å². The lowest BCUT2D eigenvalue weighted by Gasteiger charge is -1.88. The van der Waals surface area contributed by atoms with Crippen molar-refractivity contribution in [2.45, 2.75) is 9.43 Å². The van der Waals surface area contributed by atoms with Crippen molar-refractivity contribution in [3.63, 3.8) is 0 Å². The summed E-state index contributed by atoms with van der Waals surface area (Å²) in [6.45, 7) is 0. The number of rotatable bonds is 3. The summed E-state index contributed by atoms with van der Waals surface area (Å²) in [5, 5.41) is 0.602. The molecule has 3 rings (SSSR count). The Morgan fingerprint density at radius 2 is 2.12 bits per heavy atom. The second-order valence-corrected chi connectivity index (χ2v) is 5.69. The molecule has 0 aliphatic carbocycles. The standard InChI is InChI=1S/C12H7NO2S2/c14-7-8-5-6-11(16-8)17-12-13-9-3-1-2-4-10(9)15-12/h1-7H. The van der Waals surface area contributed by atoms with Gasteiger partial charge in [0.25, 0.3) is 5.22 Å². The molecule has 3 aromatic rings. The monoisotopic (exact) mass is 261 g/mol. The Hall–Kier alpha value is -1.59. The Morgan fingerprint density at radius 3 is 2.88 bits per heavy atom. The highest BCUT2D eigenvalue weighted by Gasteiger charge is 2.08. The van der Waals surface area contributed by atoms with Crippen LogP contribution in [0.15, 0.2) is 50.2 Å². The highest BCUT2D eigenvalue weighted by molar-refractivity contribution is 8.01. The van der Waals surface area contributed by atoms with Gasteiger partial charge in [0.05, 0.1) is 9.09 Å². The van der Waals surface area contributed by atoms with Gasteiger partial charge in [0.15, 0.2) is 11.9 Å². The Labute approximate surface area is 105 Å². The van der Waals surface area contributed by atoms with E-state index in [9.17, 15) is 4.79 Å². The first-order valence-electron chi connectivity index (χ1n) is 4.93. The van der Waals surface area contributed by atoms with Gasteiger partial charge >= 0.3 is 0 Å². The van der Waals surface area contributed by atoms with Crippen molar-refractivity contribution in [3.05, 3.63) is 41.3 Å². The number of para-hydroxylation sites is 2. The SMILES string of the molecule is O=Cc1ccc(Sc2nc3ccccc3o2)s1. The first kappa shape index (κ1) is 10.6. The number of oxazole rings is 1. The van der Waals surface area contributed by atoms with Gasteiger partial charge in [-0.05, 0) is 36.0 Å². The van der Waals surface area contributed by atoms with Crippen molar-refractivity contribution >= 4 is 40.5 Å². The quantitative estimate of drug-likeness (QED) is 0.672. The van der Waals surface area contributed by atoms with E-state index in [0.717, 1.165) is 21.6 Å². The molecule has 0 aliphatic rings. The predicted octanol–water partition coefficient (Wildman–Crippen LogP) is 3.85. The number of hydrogen-bond donors (Lipinski definition) is 0. The topological polar surface area (TPSA) is 43.1 Å². The van der Waals surface area contributed by atoms with Gasteiger partial charge in [-0.25, -0.2) is 4.98 Å². The molecule has 0 spiro atoms. The number of hydrogen-bond acceptors (Lipinski definition) is 5. The zero-order valence-corrected chi connectivity index (χ0v) is 10.3. The van der Waals surface area contributed by atoms with E-state index in [1.165, 1.54) is 23.1 Å². The molecule has 17 heavy (non-hydrogen) atoms. The molecular formula is C12H7NO2S2. The van der Waals surface area contributed by atoms with Crippen molar-refractivity contribution in [1.82, 2.24) is 4.98 Å². The summed E-state index contributed by atoms with van der Waals surface area (Å²) in [5.74, 6) is 0. The number of nitrogens with zero attached hydrogens (tertiary/aromatic N) is 1. The molecule has 1 aromatic carbocycles. The molecule has 0 fully saturated rings. The molecule has 2 heterocycles. The Kier molecular flexibility index (Phi) is 2.70. The van der Waals surface area contributed by atoms with Crippen LogP contribution in [0.3, 0.4) is 0 Å². The summed E-state index contributed by atoms with van der Waals surface area (Å²) < 4.78 is 6.58. The molecule has 0 unspecified atom stereocenters. The molecule has 5 heteroatoms. The van der Waals surface area contributed by atoms with E-state index in [0.29, 0.717) is 10.1 Å². The Morgan fingerprint density at radius 1 is 1.24 bits per heavy atom. The fourth-order valence-electron chi connectivity index (χ4n) is 1.43. The number of fused-ring (bicyclic) bond motifs is 1. The van der Waals surface area contributed by atoms with Gasteiger partial charge in [-0.2, -0.15) is 0 Å². The fraction of sp³-hybridized carbons (Fsp3) is 0. The molecule has 3 nitrogen and oxygen atoms in total. The molecule has 0 saturated heterocycles. The van der Waals surface area contributed by atoms with Gasteiger partial charge in [0.1, 0.15) is 5.52 Å². The van der Waals surface area contributed by atoms with E-state index in [4.69, 9.17) is 4.42 Å². The predicted molar refractivity (Wildman–Crippen MR) is 67.8 cm³/mol. The molecule has 0 saturated carbocycles. The van der Waals surface area contributed by atoms with Crippen LogP contribution in [0.25, 0.3) is 11.1 Å². The molecule has 0 N–H and O–H groups in total. The lowest BCUT2D eigenvalue weighted by molar-refractivity contribution is 0.112. The third-order valence-corrected chi connectivity index (χ3v) is 4.17. The molecule has 84 valence electrons. The van der Waals surface area contributed by atoms with Crippen molar-refractivity contribution in [2.24, 2.45) is 0 Å². The normalized spacial score (nSPS) is 10.8. The smallest absolute Gasteiger partial charge is 0.262 e. The Bertz CT molecular complexity index is 639. The minimum Gasteiger partial charge on any atom is -0.431 e. The maximum atomic E-state index is 10.6. The summed E-state index contributed by atoms with van der Waals surface area (Å²) in [6.07, 6.45) is 0.848. The summed E-state index contributed by atoms with van der Waals surface area (Å²) in [4.78, 5) is 15.6. The molecule has 0 radical (unpaired) electrons. The van der Waals surface area contributed by atoms with Crippen LogP contribution < -0.4 is 0 Å². The summed E-state index contributed by atoms with van der Waals surface area (Å²) in [5.41, 5.74) is 1.63.